The lowest BCUT2D eigenvalue weighted by Crippen LogP contribution is -2.34. The highest BCUT2D eigenvalue weighted by atomic mass is 16.5. The van der Waals surface area contributed by atoms with Crippen molar-refractivity contribution in [1.82, 2.24) is 0 Å². The molecule has 112 valence electrons. The van der Waals surface area contributed by atoms with E-state index in [1.54, 1.807) is 0 Å². The summed E-state index contributed by atoms with van der Waals surface area (Å²) in [5.74, 6) is 0.335. The molecule has 1 aliphatic carbocycles. The highest BCUT2D eigenvalue weighted by Gasteiger charge is 2.36. The summed E-state index contributed by atoms with van der Waals surface area (Å²) in [6.45, 7) is 10.5. The maximum absolute atomic E-state index is 12.1. The summed E-state index contributed by atoms with van der Waals surface area (Å²) >= 11 is 0. The summed E-state index contributed by atoms with van der Waals surface area (Å²) in [6.07, 6.45) is 10.8. The lowest BCUT2D eigenvalue weighted by atomic mass is 9.76. The van der Waals surface area contributed by atoms with E-state index in [0.717, 1.165) is 31.3 Å². The van der Waals surface area contributed by atoms with Crippen LogP contribution in [0.5, 0.6) is 0 Å². The number of allylic oxidation sites excluding steroid dienone is 4. The van der Waals surface area contributed by atoms with Crippen LogP contribution in [0.2, 0.25) is 0 Å². The van der Waals surface area contributed by atoms with Crippen LogP contribution >= 0.6 is 0 Å². The van der Waals surface area contributed by atoms with E-state index in [4.69, 9.17) is 4.74 Å². The summed E-state index contributed by atoms with van der Waals surface area (Å²) < 4.78 is 5.39. The van der Waals surface area contributed by atoms with Crippen molar-refractivity contribution in [3.63, 3.8) is 0 Å². The van der Waals surface area contributed by atoms with E-state index >= 15 is 0 Å². The van der Waals surface area contributed by atoms with Crippen molar-refractivity contribution >= 4 is 5.97 Å². The van der Waals surface area contributed by atoms with Gasteiger partial charge >= 0.3 is 5.97 Å². The third kappa shape index (κ3) is 3.86. The lowest BCUT2D eigenvalue weighted by Gasteiger charge is -2.34. The molecule has 0 N–H and O–H groups in total. The minimum Gasteiger partial charge on any atom is -0.462 e. The molecule has 0 saturated carbocycles. The van der Waals surface area contributed by atoms with Crippen molar-refractivity contribution in [2.24, 2.45) is 11.8 Å². The Kier molecular flexibility index (Phi) is 5.41. The minimum atomic E-state index is -0.164. The minimum absolute atomic E-state index is 0.164. The molecule has 2 unspecified atom stereocenters. The smallest absolute Gasteiger partial charge is 0.334 e. The van der Waals surface area contributed by atoms with Crippen LogP contribution < -0.4 is 0 Å². The average molecular weight is 284 g/mol. The number of carbonyl (C=O) groups excluding carboxylic acids is 1. The lowest BCUT2D eigenvalue weighted by molar-refractivity contribution is -0.144. The molecule has 0 radical (unpaired) electrons. The number of carbonyl (C=O) groups is 1. The van der Waals surface area contributed by atoms with E-state index in [0.29, 0.717) is 13.0 Å². The van der Waals surface area contributed by atoms with E-state index in [-0.39, 0.29) is 17.8 Å². The summed E-state index contributed by atoms with van der Waals surface area (Å²) in [6, 6.07) is 0. The van der Waals surface area contributed by atoms with Gasteiger partial charge in [0.1, 0.15) is 0 Å². The van der Waals surface area contributed by atoms with Crippen LogP contribution in [0.4, 0.5) is 0 Å². The number of cyclic esters (lactones) is 1. The summed E-state index contributed by atoms with van der Waals surface area (Å²) in [4.78, 5) is 12.1. The summed E-state index contributed by atoms with van der Waals surface area (Å²) in [7, 11) is 0. The predicted molar refractivity (Wildman–Crippen MR) is 85.7 cm³/mol. The fourth-order valence-corrected chi connectivity index (χ4v) is 3.17. The van der Waals surface area contributed by atoms with Gasteiger partial charge in [0.25, 0.3) is 0 Å². The first-order valence-corrected chi connectivity index (χ1v) is 7.68. The zero-order valence-corrected chi connectivity index (χ0v) is 12.9. The largest absolute Gasteiger partial charge is 0.462 e. The SMILES string of the molecule is C=C=CCC=C1C(=O)OCC2C(=C)CCC=C(C)CCC12. The van der Waals surface area contributed by atoms with Gasteiger partial charge < -0.3 is 4.74 Å². The first-order chi connectivity index (χ1) is 10.1. The predicted octanol–water partition coefficient (Wildman–Crippen LogP) is 4.51. The second kappa shape index (κ2) is 7.28. The zero-order valence-electron chi connectivity index (χ0n) is 12.9. The van der Waals surface area contributed by atoms with Crippen molar-refractivity contribution in [3.8, 4) is 0 Å². The number of rotatable bonds is 2. The van der Waals surface area contributed by atoms with Crippen LogP contribution in [0, 0.1) is 11.8 Å². The van der Waals surface area contributed by atoms with Crippen LogP contribution in [0.3, 0.4) is 0 Å². The maximum Gasteiger partial charge on any atom is 0.334 e. The van der Waals surface area contributed by atoms with E-state index < -0.39 is 0 Å². The number of fused-ring (bicyclic) bond motifs is 1. The van der Waals surface area contributed by atoms with Gasteiger partial charge in [0.15, 0.2) is 0 Å². The molecule has 21 heavy (non-hydrogen) atoms. The van der Waals surface area contributed by atoms with Crippen molar-refractivity contribution < 1.29 is 9.53 Å². The van der Waals surface area contributed by atoms with E-state index in [1.165, 1.54) is 11.1 Å². The molecule has 0 aromatic carbocycles. The Bertz CT molecular complexity index is 530. The van der Waals surface area contributed by atoms with Crippen LogP contribution in [0.25, 0.3) is 0 Å². The number of hydrogen-bond donors (Lipinski definition) is 0. The van der Waals surface area contributed by atoms with Gasteiger partial charge in [0.2, 0.25) is 0 Å². The molecule has 0 spiro atoms. The quantitative estimate of drug-likeness (QED) is 0.323. The fourth-order valence-electron chi connectivity index (χ4n) is 3.17. The molecule has 2 nitrogen and oxygen atoms in total. The molecule has 0 amide bonds. The fraction of sp³-hybridized carbons (Fsp3) is 0.474. The zero-order chi connectivity index (χ0) is 15.2. The first-order valence-electron chi connectivity index (χ1n) is 7.68. The summed E-state index contributed by atoms with van der Waals surface area (Å²) in [5.41, 5.74) is 6.18. The molecule has 0 aromatic heterocycles. The van der Waals surface area contributed by atoms with Crippen LogP contribution in [0.15, 0.2) is 53.8 Å². The Balaban J connectivity index is 2.28. The average Bonchev–Trinajstić information content (AvgIpc) is 2.52. The Morgan fingerprint density at radius 3 is 3.00 bits per heavy atom. The molecule has 2 heteroatoms. The van der Waals surface area contributed by atoms with Gasteiger partial charge in [-0.3, -0.25) is 0 Å². The maximum atomic E-state index is 12.1. The van der Waals surface area contributed by atoms with Crippen LogP contribution in [-0.4, -0.2) is 12.6 Å². The number of hydrogen-bond acceptors (Lipinski definition) is 2. The highest BCUT2D eigenvalue weighted by molar-refractivity contribution is 5.90. The molecule has 0 bridgehead atoms. The van der Waals surface area contributed by atoms with Gasteiger partial charge in [-0.05, 0) is 45.1 Å². The van der Waals surface area contributed by atoms with Gasteiger partial charge in [-0.25, -0.2) is 4.79 Å². The van der Waals surface area contributed by atoms with Gasteiger partial charge in [-0.1, -0.05) is 36.5 Å². The normalized spacial score (nSPS) is 28.4. The first kappa shape index (κ1) is 15.6. The summed E-state index contributed by atoms with van der Waals surface area (Å²) in [5, 5.41) is 0. The topological polar surface area (TPSA) is 26.3 Å². The highest BCUT2D eigenvalue weighted by Crippen LogP contribution is 2.38. The van der Waals surface area contributed by atoms with Crippen molar-refractivity contribution in [2.75, 3.05) is 6.61 Å². The van der Waals surface area contributed by atoms with E-state index in [9.17, 15) is 4.79 Å². The van der Waals surface area contributed by atoms with Gasteiger partial charge in [-0.15, -0.1) is 5.73 Å². The van der Waals surface area contributed by atoms with Crippen molar-refractivity contribution in [3.05, 3.63) is 53.8 Å². The molecule has 2 atom stereocenters. The van der Waals surface area contributed by atoms with E-state index in [1.807, 2.05) is 12.2 Å². The molecule has 1 fully saturated rings. The number of ether oxygens (including phenoxy) is 1. The van der Waals surface area contributed by atoms with Gasteiger partial charge in [0, 0.05) is 17.4 Å². The van der Waals surface area contributed by atoms with E-state index in [2.05, 4.69) is 31.9 Å². The third-order valence-electron chi connectivity index (χ3n) is 4.45. The molecule has 1 saturated heterocycles. The monoisotopic (exact) mass is 284 g/mol. The number of esters is 1. The molecule has 1 heterocycles. The van der Waals surface area contributed by atoms with Crippen molar-refractivity contribution in [2.45, 2.75) is 39.0 Å². The Morgan fingerprint density at radius 1 is 1.43 bits per heavy atom. The molecule has 2 aliphatic rings. The second-order valence-corrected chi connectivity index (χ2v) is 5.90. The van der Waals surface area contributed by atoms with Gasteiger partial charge in [0.05, 0.1) is 6.61 Å². The molecule has 0 aromatic rings. The third-order valence-corrected chi connectivity index (χ3v) is 4.45. The standard InChI is InChI=1S/C19H24O2/c1-4-5-6-10-17-16-12-11-14(2)8-7-9-15(3)18(16)13-21-19(17)20/h5,8,10,16,18H,1,3,6-7,9,11-13H2,2H3. The Labute approximate surface area is 127 Å². The Hall–Kier alpha value is -1.79. The Morgan fingerprint density at radius 2 is 2.24 bits per heavy atom. The molecular formula is C19H24O2. The van der Waals surface area contributed by atoms with Gasteiger partial charge in [-0.2, -0.15) is 0 Å². The second-order valence-electron chi connectivity index (χ2n) is 5.90. The molecule has 2 rings (SSSR count). The van der Waals surface area contributed by atoms with Crippen molar-refractivity contribution in [1.29, 1.82) is 0 Å². The van der Waals surface area contributed by atoms with Crippen LogP contribution in [-0.2, 0) is 9.53 Å². The van der Waals surface area contributed by atoms with Crippen LogP contribution in [0.1, 0.15) is 39.0 Å². The molecular weight excluding hydrogens is 260 g/mol. The molecule has 1 aliphatic heterocycles.